The zero-order valence-electron chi connectivity index (χ0n) is 15.2. The topological polar surface area (TPSA) is 92.3 Å². The van der Waals surface area contributed by atoms with Crippen LogP contribution in [0.3, 0.4) is 0 Å². The summed E-state index contributed by atoms with van der Waals surface area (Å²) in [5, 5.41) is 13.7. The van der Waals surface area contributed by atoms with Crippen LogP contribution in [0.15, 0.2) is 58.3 Å². The van der Waals surface area contributed by atoms with Crippen molar-refractivity contribution in [3.8, 4) is 17.4 Å². The zero-order chi connectivity index (χ0) is 19.9. The first-order chi connectivity index (χ1) is 13.6. The Morgan fingerprint density at radius 2 is 2.00 bits per heavy atom. The fourth-order valence-corrected chi connectivity index (χ4v) is 3.25. The van der Waals surface area contributed by atoms with E-state index in [1.165, 1.54) is 18.3 Å². The molecule has 6 nitrogen and oxygen atoms in total. The molecule has 3 aromatic rings. The molecule has 1 atom stereocenters. The van der Waals surface area contributed by atoms with E-state index in [9.17, 15) is 9.59 Å². The van der Waals surface area contributed by atoms with Crippen LogP contribution in [-0.4, -0.2) is 18.0 Å². The first kappa shape index (κ1) is 19.4. The molecule has 2 heterocycles. The molecule has 0 aliphatic heterocycles. The van der Waals surface area contributed by atoms with Gasteiger partial charge in [0.15, 0.2) is 6.10 Å². The molecule has 0 saturated heterocycles. The number of benzene rings is 1. The summed E-state index contributed by atoms with van der Waals surface area (Å²) in [6.07, 6.45) is -0.483. The van der Waals surface area contributed by atoms with Crippen molar-refractivity contribution in [2.75, 3.05) is 5.32 Å². The maximum absolute atomic E-state index is 12.1. The molecule has 1 N–H and O–H groups in total. The van der Waals surface area contributed by atoms with Crippen LogP contribution in [-0.2, 0) is 20.7 Å². The van der Waals surface area contributed by atoms with Gasteiger partial charge in [0, 0.05) is 12.0 Å². The maximum Gasteiger partial charge on any atom is 0.307 e. The minimum absolute atomic E-state index is 0.0990. The van der Waals surface area contributed by atoms with Crippen LogP contribution in [0.1, 0.15) is 24.7 Å². The standard InChI is InChI=1S/C21H18N2O4S/c1-14(20(25)23-21-16(13-22)11-12-28-21)26-19(24)10-8-17-7-9-18(27-17)15-5-3-2-4-6-15/h2-7,9,11-12,14H,8,10H2,1H3,(H,23,25)/t14-/m0/s1. The molecule has 0 bridgehead atoms. The Kier molecular flexibility index (Phi) is 6.25. The highest BCUT2D eigenvalue weighted by Crippen LogP contribution is 2.23. The fourth-order valence-electron chi connectivity index (χ4n) is 2.51. The minimum atomic E-state index is -0.961. The Hall–Kier alpha value is -3.37. The summed E-state index contributed by atoms with van der Waals surface area (Å²) in [6, 6.07) is 17.0. The first-order valence-corrected chi connectivity index (χ1v) is 9.57. The second kappa shape index (κ2) is 9.02. The highest BCUT2D eigenvalue weighted by Gasteiger charge is 2.19. The number of hydrogen-bond donors (Lipinski definition) is 1. The number of furan rings is 1. The predicted molar refractivity (Wildman–Crippen MR) is 106 cm³/mol. The van der Waals surface area contributed by atoms with Crippen molar-refractivity contribution in [2.24, 2.45) is 0 Å². The molecule has 142 valence electrons. The molecule has 0 saturated carbocycles. The Labute approximate surface area is 166 Å². The number of ether oxygens (including phenoxy) is 1. The molecule has 7 heteroatoms. The van der Waals surface area contributed by atoms with Gasteiger partial charge in [-0.25, -0.2) is 0 Å². The number of thiophene rings is 1. The van der Waals surface area contributed by atoms with E-state index in [-0.39, 0.29) is 6.42 Å². The lowest BCUT2D eigenvalue weighted by Crippen LogP contribution is -2.30. The second-order valence-corrected chi connectivity index (χ2v) is 6.94. The minimum Gasteiger partial charge on any atom is -0.461 e. The molecule has 0 unspecified atom stereocenters. The lowest BCUT2D eigenvalue weighted by atomic mass is 10.2. The molecule has 0 radical (unpaired) electrons. The summed E-state index contributed by atoms with van der Waals surface area (Å²) < 4.78 is 10.9. The van der Waals surface area contributed by atoms with Crippen molar-refractivity contribution in [2.45, 2.75) is 25.9 Å². The van der Waals surface area contributed by atoms with Gasteiger partial charge in [-0.2, -0.15) is 5.26 Å². The average molecular weight is 394 g/mol. The van der Waals surface area contributed by atoms with Gasteiger partial charge >= 0.3 is 5.97 Å². The number of aryl methyl sites for hydroxylation is 1. The summed E-state index contributed by atoms with van der Waals surface area (Å²) in [5.74, 6) is 0.440. The Balaban J connectivity index is 1.48. The molecule has 2 aromatic heterocycles. The van der Waals surface area contributed by atoms with Crippen molar-refractivity contribution in [1.29, 1.82) is 5.26 Å². The molecule has 0 spiro atoms. The van der Waals surface area contributed by atoms with Crippen molar-refractivity contribution < 1.29 is 18.7 Å². The number of esters is 1. The van der Waals surface area contributed by atoms with E-state index in [1.54, 1.807) is 11.4 Å². The van der Waals surface area contributed by atoms with Gasteiger partial charge in [-0.05, 0) is 30.5 Å². The molecule has 0 aliphatic carbocycles. The number of anilines is 1. The van der Waals surface area contributed by atoms with E-state index in [1.807, 2.05) is 48.5 Å². The molecule has 0 aliphatic rings. The largest absolute Gasteiger partial charge is 0.461 e. The normalized spacial score (nSPS) is 11.4. The van der Waals surface area contributed by atoms with Crippen molar-refractivity contribution >= 4 is 28.2 Å². The van der Waals surface area contributed by atoms with Crippen molar-refractivity contribution in [3.63, 3.8) is 0 Å². The number of carbonyl (C=O) groups is 2. The van der Waals surface area contributed by atoms with E-state index in [2.05, 4.69) is 5.32 Å². The van der Waals surface area contributed by atoms with Crippen LogP contribution in [0.25, 0.3) is 11.3 Å². The summed E-state index contributed by atoms with van der Waals surface area (Å²) >= 11 is 1.24. The molecular weight excluding hydrogens is 376 g/mol. The number of nitrogens with one attached hydrogen (secondary N) is 1. The fraction of sp³-hybridized carbons (Fsp3) is 0.190. The van der Waals surface area contributed by atoms with Crippen LogP contribution in [0.5, 0.6) is 0 Å². The van der Waals surface area contributed by atoms with Crippen LogP contribution in [0.2, 0.25) is 0 Å². The third-order valence-corrected chi connectivity index (χ3v) is 4.83. The number of rotatable bonds is 7. The van der Waals surface area contributed by atoms with Gasteiger partial charge < -0.3 is 14.5 Å². The van der Waals surface area contributed by atoms with Crippen LogP contribution < -0.4 is 5.32 Å². The van der Waals surface area contributed by atoms with Gasteiger partial charge in [0.1, 0.15) is 22.6 Å². The molecule has 1 aromatic carbocycles. The third kappa shape index (κ3) is 4.87. The molecule has 1 amide bonds. The first-order valence-electron chi connectivity index (χ1n) is 8.69. The van der Waals surface area contributed by atoms with E-state index in [0.29, 0.717) is 22.7 Å². The van der Waals surface area contributed by atoms with E-state index in [0.717, 1.165) is 11.3 Å². The molecular formula is C21H18N2O4S. The SMILES string of the molecule is C[C@H](OC(=O)CCc1ccc(-c2ccccc2)o1)C(=O)Nc1sccc1C#N. The Morgan fingerprint density at radius 1 is 1.21 bits per heavy atom. The van der Waals surface area contributed by atoms with Crippen LogP contribution in [0.4, 0.5) is 5.00 Å². The van der Waals surface area contributed by atoms with Gasteiger partial charge in [-0.3, -0.25) is 9.59 Å². The van der Waals surface area contributed by atoms with E-state index in [4.69, 9.17) is 14.4 Å². The van der Waals surface area contributed by atoms with Crippen LogP contribution in [0, 0.1) is 11.3 Å². The van der Waals surface area contributed by atoms with Crippen molar-refractivity contribution in [1.82, 2.24) is 0 Å². The summed E-state index contributed by atoms with van der Waals surface area (Å²) in [5.41, 5.74) is 1.34. The number of hydrogen-bond acceptors (Lipinski definition) is 6. The van der Waals surface area contributed by atoms with E-state index >= 15 is 0 Å². The lowest BCUT2D eigenvalue weighted by molar-refractivity contribution is -0.153. The van der Waals surface area contributed by atoms with Crippen molar-refractivity contribution in [3.05, 3.63) is 65.2 Å². The number of nitriles is 1. The number of amides is 1. The quantitative estimate of drug-likeness (QED) is 0.600. The maximum atomic E-state index is 12.1. The number of carbonyl (C=O) groups excluding carboxylic acids is 2. The second-order valence-electron chi connectivity index (χ2n) is 6.03. The summed E-state index contributed by atoms with van der Waals surface area (Å²) in [6.45, 7) is 1.49. The summed E-state index contributed by atoms with van der Waals surface area (Å²) in [4.78, 5) is 24.2. The third-order valence-electron chi connectivity index (χ3n) is 4.00. The van der Waals surface area contributed by atoms with Gasteiger partial charge in [0.25, 0.3) is 5.91 Å². The number of nitrogens with zero attached hydrogens (tertiary/aromatic N) is 1. The average Bonchev–Trinajstić information content (AvgIpc) is 3.36. The zero-order valence-corrected chi connectivity index (χ0v) is 16.0. The Bertz CT molecular complexity index is 1000. The monoisotopic (exact) mass is 394 g/mol. The van der Waals surface area contributed by atoms with Crippen LogP contribution >= 0.6 is 11.3 Å². The molecule has 28 heavy (non-hydrogen) atoms. The van der Waals surface area contributed by atoms with Gasteiger partial charge in [0.2, 0.25) is 0 Å². The molecule has 0 fully saturated rings. The van der Waals surface area contributed by atoms with Gasteiger partial charge in [-0.1, -0.05) is 30.3 Å². The highest BCUT2D eigenvalue weighted by atomic mass is 32.1. The molecule has 3 rings (SSSR count). The van der Waals surface area contributed by atoms with Gasteiger partial charge in [-0.15, -0.1) is 11.3 Å². The summed E-state index contributed by atoms with van der Waals surface area (Å²) in [7, 11) is 0. The lowest BCUT2D eigenvalue weighted by Gasteiger charge is -2.12. The smallest absolute Gasteiger partial charge is 0.307 e. The highest BCUT2D eigenvalue weighted by molar-refractivity contribution is 7.14. The Morgan fingerprint density at radius 3 is 2.75 bits per heavy atom. The van der Waals surface area contributed by atoms with E-state index < -0.39 is 18.0 Å². The van der Waals surface area contributed by atoms with Gasteiger partial charge in [0.05, 0.1) is 12.0 Å². The predicted octanol–water partition coefficient (Wildman–Crippen LogP) is 4.38.